The first-order chi connectivity index (χ1) is 20.7. The molecule has 0 spiro atoms. The second-order valence-corrected chi connectivity index (χ2v) is 18.4. The van der Waals surface area contributed by atoms with Gasteiger partial charge in [-0.25, -0.2) is 18.0 Å². The highest BCUT2D eigenvalue weighted by Gasteiger charge is 2.41. The highest BCUT2D eigenvalue weighted by molar-refractivity contribution is 7.15. The van der Waals surface area contributed by atoms with Crippen LogP contribution in [0.4, 0.5) is 13.2 Å². The van der Waals surface area contributed by atoms with Gasteiger partial charge in [-0.15, -0.1) is 11.3 Å². The number of thiophene rings is 1. The molecule has 0 saturated heterocycles. The summed E-state index contributed by atoms with van der Waals surface area (Å²) in [5.41, 5.74) is -0.227. The van der Waals surface area contributed by atoms with Crippen LogP contribution in [0, 0.1) is 17.5 Å². The molecule has 4 aromatic rings. The lowest BCUT2D eigenvalue weighted by Crippen LogP contribution is -2.42. The summed E-state index contributed by atoms with van der Waals surface area (Å²) in [5.74, 6) is -3.46. The van der Waals surface area contributed by atoms with Gasteiger partial charge in [0.25, 0.3) is 0 Å². The second kappa shape index (κ2) is 11.8. The molecular formula is C33H36F3NO5SSi. The van der Waals surface area contributed by atoms with Gasteiger partial charge < -0.3 is 18.5 Å². The zero-order valence-electron chi connectivity index (χ0n) is 25.9. The number of aryl methyl sites for hydroxylation is 1. The Labute approximate surface area is 259 Å². The molecule has 234 valence electrons. The molecule has 0 saturated carbocycles. The van der Waals surface area contributed by atoms with Gasteiger partial charge in [0.05, 0.1) is 36.5 Å². The number of rotatable bonds is 7. The van der Waals surface area contributed by atoms with E-state index in [-0.39, 0.29) is 45.7 Å². The number of pyridine rings is 1. The van der Waals surface area contributed by atoms with Crippen LogP contribution in [0.1, 0.15) is 67.4 Å². The smallest absolute Gasteiger partial charge is 0.343 e. The highest BCUT2D eigenvalue weighted by Crippen LogP contribution is 2.49. The SMILES string of the molecule is CCOC(=O)c1cn(-c2ccc(F)cc2F)c2c(OC)c(-c3cc4c(s3)CCCC4O[Si](C)(C)C(C)(C)C)c(F)cc2c1=O. The first-order valence-corrected chi connectivity index (χ1v) is 18.3. The molecule has 0 amide bonds. The van der Waals surface area contributed by atoms with Crippen LogP contribution >= 0.6 is 11.3 Å². The largest absolute Gasteiger partial charge is 0.494 e. The van der Waals surface area contributed by atoms with E-state index in [1.807, 2.05) is 6.07 Å². The Morgan fingerprint density at radius 3 is 2.48 bits per heavy atom. The van der Waals surface area contributed by atoms with E-state index in [9.17, 15) is 14.0 Å². The fourth-order valence-electron chi connectivity index (χ4n) is 5.37. The van der Waals surface area contributed by atoms with Crippen molar-refractivity contribution in [1.82, 2.24) is 4.57 Å². The van der Waals surface area contributed by atoms with E-state index < -0.39 is 42.7 Å². The number of benzene rings is 2. The summed E-state index contributed by atoms with van der Waals surface area (Å²) in [6.45, 7) is 12.5. The van der Waals surface area contributed by atoms with Crippen LogP contribution < -0.4 is 10.2 Å². The summed E-state index contributed by atoms with van der Waals surface area (Å²) in [4.78, 5) is 28.0. The minimum Gasteiger partial charge on any atom is -0.494 e. The lowest BCUT2D eigenvalue weighted by atomic mass is 9.95. The molecule has 0 N–H and O–H groups in total. The van der Waals surface area contributed by atoms with Crippen LogP contribution in [-0.4, -0.2) is 32.6 Å². The number of carbonyl (C=O) groups excluding carboxylic acids is 1. The molecular weight excluding hydrogens is 608 g/mol. The van der Waals surface area contributed by atoms with E-state index in [0.717, 1.165) is 48.0 Å². The summed E-state index contributed by atoms with van der Waals surface area (Å²) < 4.78 is 64.1. The van der Waals surface area contributed by atoms with Crippen molar-refractivity contribution >= 4 is 36.5 Å². The molecule has 1 unspecified atom stereocenters. The number of ether oxygens (including phenoxy) is 2. The van der Waals surface area contributed by atoms with E-state index in [2.05, 4.69) is 33.9 Å². The molecule has 0 radical (unpaired) electrons. The number of hydrogen-bond acceptors (Lipinski definition) is 6. The fourth-order valence-corrected chi connectivity index (χ4v) is 7.98. The zero-order chi connectivity index (χ0) is 32.1. The van der Waals surface area contributed by atoms with Crippen molar-refractivity contribution in [2.45, 2.75) is 71.2 Å². The van der Waals surface area contributed by atoms with Crippen molar-refractivity contribution in [3.8, 4) is 21.9 Å². The van der Waals surface area contributed by atoms with Gasteiger partial charge in [-0.3, -0.25) is 4.79 Å². The molecule has 0 bridgehead atoms. The second-order valence-electron chi connectivity index (χ2n) is 12.5. The summed E-state index contributed by atoms with van der Waals surface area (Å²) in [6, 6.07) is 5.89. The third-order valence-corrected chi connectivity index (χ3v) is 14.3. The fraction of sp³-hybridized carbons (Fsp3) is 0.394. The lowest BCUT2D eigenvalue weighted by Gasteiger charge is -2.40. The number of esters is 1. The van der Waals surface area contributed by atoms with E-state index >= 15 is 8.78 Å². The third-order valence-electron chi connectivity index (χ3n) is 8.61. The van der Waals surface area contributed by atoms with E-state index in [1.54, 1.807) is 6.92 Å². The van der Waals surface area contributed by atoms with Crippen LogP contribution in [0.2, 0.25) is 18.1 Å². The molecule has 1 aliphatic carbocycles. The third kappa shape index (κ3) is 5.61. The first kappa shape index (κ1) is 32.0. The molecule has 1 atom stereocenters. The van der Waals surface area contributed by atoms with Gasteiger partial charge >= 0.3 is 5.97 Å². The molecule has 0 aliphatic heterocycles. The maximum atomic E-state index is 16.2. The predicted molar refractivity (Wildman–Crippen MR) is 169 cm³/mol. The van der Waals surface area contributed by atoms with Crippen molar-refractivity contribution in [1.29, 1.82) is 0 Å². The molecule has 6 nitrogen and oxygen atoms in total. The maximum absolute atomic E-state index is 16.2. The molecule has 11 heteroatoms. The quantitative estimate of drug-likeness (QED) is 0.149. The number of aromatic nitrogens is 1. The average Bonchev–Trinajstić information content (AvgIpc) is 3.37. The van der Waals surface area contributed by atoms with Crippen molar-refractivity contribution in [3.63, 3.8) is 0 Å². The van der Waals surface area contributed by atoms with Crippen LogP contribution in [0.25, 0.3) is 27.0 Å². The van der Waals surface area contributed by atoms with E-state index in [4.69, 9.17) is 13.9 Å². The highest BCUT2D eigenvalue weighted by atomic mass is 32.1. The van der Waals surface area contributed by atoms with Crippen molar-refractivity contribution in [3.05, 3.63) is 80.2 Å². The molecule has 2 heterocycles. The van der Waals surface area contributed by atoms with Crippen molar-refractivity contribution < 1.29 is 31.9 Å². The van der Waals surface area contributed by atoms with Crippen LogP contribution in [0.3, 0.4) is 0 Å². The molecule has 2 aromatic heterocycles. The zero-order valence-corrected chi connectivity index (χ0v) is 27.7. The number of nitrogens with zero attached hydrogens (tertiary/aromatic N) is 1. The summed E-state index contributed by atoms with van der Waals surface area (Å²) in [6.07, 6.45) is 3.61. The van der Waals surface area contributed by atoms with Gasteiger partial charge in [-0.05, 0) is 74.1 Å². The van der Waals surface area contributed by atoms with Gasteiger partial charge in [0.1, 0.15) is 28.5 Å². The van der Waals surface area contributed by atoms with Crippen LogP contribution in [0.15, 0.2) is 41.3 Å². The molecule has 5 rings (SSSR count). The number of hydrogen-bond donors (Lipinski definition) is 0. The summed E-state index contributed by atoms with van der Waals surface area (Å²) in [7, 11) is -0.773. The average molecular weight is 644 g/mol. The molecule has 44 heavy (non-hydrogen) atoms. The Morgan fingerprint density at radius 2 is 1.84 bits per heavy atom. The topological polar surface area (TPSA) is 66.8 Å². The Kier molecular flexibility index (Phi) is 8.60. The number of carbonyl (C=O) groups is 1. The first-order valence-electron chi connectivity index (χ1n) is 14.6. The van der Waals surface area contributed by atoms with Crippen molar-refractivity contribution in [2.75, 3.05) is 13.7 Å². The van der Waals surface area contributed by atoms with E-state index in [0.29, 0.717) is 10.9 Å². The predicted octanol–water partition coefficient (Wildman–Crippen LogP) is 8.72. The number of methoxy groups -OCH3 is 1. The van der Waals surface area contributed by atoms with Gasteiger partial charge in [-0.2, -0.15) is 0 Å². The van der Waals surface area contributed by atoms with Crippen LogP contribution in [-0.2, 0) is 15.6 Å². The Hall–Kier alpha value is -3.41. The van der Waals surface area contributed by atoms with Crippen LogP contribution in [0.5, 0.6) is 5.75 Å². The van der Waals surface area contributed by atoms with E-state index in [1.165, 1.54) is 29.1 Å². The maximum Gasteiger partial charge on any atom is 0.343 e. The van der Waals surface area contributed by atoms with Gasteiger partial charge in [0, 0.05) is 22.0 Å². The standard InChI is InChI=1S/C33H36F3NO5SSi/c1-8-41-32(39)21-17-37(24-13-12-18(34)14-22(24)35)29-20(30(21)38)15-23(36)28(31(29)40-5)27-16-19-25(10-9-11-26(19)43-27)42-44(6,7)33(2,3)4/h12-17,25H,8-11H2,1-7H3. The molecule has 2 aromatic carbocycles. The summed E-state index contributed by atoms with van der Waals surface area (Å²) in [5, 5.41) is -0.198. The van der Waals surface area contributed by atoms with Gasteiger partial charge in [0.2, 0.25) is 5.43 Å². The molecule has 1 aliphatic rings. The minimum atomic E-state index is -2.11. The Balaban J connectivity index is 1.77. The van der Waals surface area contributed by atoms with Gasteiger partial charge in [0.15, 0.2) is 14.1 Å². The lowest BCUT2D eigenvalue weighted by molar-refractivity contribution is 0.0524. The number of fused-ring (bicyclic) bond motifs is 2. The summed E-state index contributed by atoms with van der Waals surface area (Å²) >= 11 is 1.43. The Bertz CT molecular complexity index is 1830. The minimum absolute atomic E-state index is 0.0127. The molecule has 0 fully saturated rings. The Morgan fingerprint density at radius 1 is 1.11 bits per heavy atom. The normalized spacial score (nSPS) is 15.4. The number of halogens is 3. The van der Waals surface area contributed by atoms with Crippen molar-refractivity contribution in [2.24, 2.45) is 0 Å². The monoisotopic (exact) mass is 643 g/mol. The van der Waals surface area contributed by atoms with Gasteiger partial charge in [-0.1, -0.05) is 20.8 Å².